The molecule has 6 heteroatoms. The zero-order chi connectivity index (χ0) is 21.5. The Morgan fingerprint density at radius 2 is 1.77 bits per heavy atom. The van der Waals surface area contributed by atoms with Crippen LogP contribution in [0.3, 0.4) is 0 Å². The summed E-state index contributed by atoms with van der Waals surface area (Å²) in [7, 11) is 0. The first-order valence-electron chi connectivity index (χ1n) is 10.3. The molecule has 2 aromatic carbocycles. The molecule has 2 aromatic rings. The number of nitrogens with zero attached hydrogens (tertiary/aromatic N) is 1. The summed E-state index contributed by atoms with van der Waals surface area (Å²) in [6, 6.07) is 13.5. The number of anilines is 1. The van der Waals surface area contributed by atoms with E-state index in [1.54, 1.807) is 0 Å². The number of rotatable bonds is 3. The molecule has 0 bridgehead atoms. The van der Waals surface area contributed by atoms with Gasteiger partial charge in [-0.25, -0.2) is 0 Å². The van der Waals surface area contributed by atoms with Crippen LogP contribution in [0, 0.1) is 0 Å². The molecule has 0 aliphatic carbocycles. The first kappa shape index (κ1) is 20.6. The van der Waals surface area contributed by atoms with Crippen molar-refractivity contribution in [2.24, 2.45) is 0 Å². The number of piperidine rings is 2. The lowest BCUT2D eigenvalue weighted by Crippen LogP contribution is -2.51. The van der Waals surface area contributed by atoms with Gasteiger partial charge in [0.05, 0.1) is 10.9 Å². The minimum absolute atomic E-state index is 0.150. The van der Waals surface area contributed by atoms with E-state index >= 15 is 0 Å². The maximum atomic E-state index is 12.5. The Kier molecular flexibility index (Phi) is 5.41. The van der Waals surface area contributed by atoms with Gasteiger partial charge in [0.25, 0.3) is 0 Å². The van der Waals surface area contributed by atoms with Crippen molar-refractivity contribution in [2.45, 2.75) is 57.4 Å². The van der Waals surface area contributed by atoms with Crippen LogP contribution in [0.2, 0.25) is 5.02 Å². The number of benzene rings is 2. The zero-order valence-electron chi connectivity index (χ0n) is 17.2. The Bertz CT molecular complexity index is 1010. The van der Waals surface area contributed by atoms with Crippen LogP contribution in [0.1, 0.15) is 57.4 Å². The minimum atomic E-state index is -0.429. The van der Waals surface area contributed by atoms with Crippen molar-refractivity contribution in [3.8, 4) is 11.1 Å². The Morgan fingerprint density at radius 3 is 2.43 bits per heavy atom. The van der Waals surface area contributed by atoms with Crippen molar-refractivity contribution in [1.82, 2.24) is 5.32 Å². The molecule has 1 atom stereocenters. The van der Waals surface area contributed by atoms with Gasteiger partial charge in [0.1, 0.15) is 0 Å². The highest BCUT2D eigenvalue weighted by Gasteiger charge is 2.35. The fourth-order valence-electron chi connectivity index (χ4n) is 4.55. The molecule has 2 saturated heterocycles. The highest BCUT2D eigenvalue weighted by molar-refractivity contribution is 6.34. The van der Waals surface area contributed by atoms with Gasteiger partial charge in [-0.15, -0.1) is 0 Å². The van der Waals surface area contributed by atoms with E-state index in [0.717, 1.165) is 35.2 Å². The molecule has 0 radical (unpaired) electrons. The van der Waals surface area contributed by atoms with Gasteiger partial charge in [-0.3, -0.25) is 19.7 Å². The largest absolute Gasteiger partial charge is 0.307 e. The predicted octanol–water partition coefficient (Wildman–Crippen LogP) is 4.82. The minimum Gasteiger partial charge on any atom is -0.307 e. The SMILES string of the molecule is CC1(C)CCCC(=O)N1c1ccc(-c2cccc(C3CCC(=O)NC3=O)c2Cl)cc1. The fourth-order valence-corrected chi connectivity index (χ4v) is 4.92. The van der Waals surface area contributed by atoms with Crippen LogP contribution < -0.4 is 10.2 Å². The van der Waals surface area contributed by atoms with Gasteiger partial charge in [-0.2, -0.15) is 0 Å². The van der Waals surface area contributed by atoms with Crippen molar-refractivity contribution in [3.05, 3.63) is 53.1 Å². The summed E-state index contributed by atoms with van der Waals surface area (Å²) < 4.78 is 0. The van der Waals surface area contributed by atoms with E-state index in [4.69, 9.17) is 11.6 Å². The number of carbonyl (C=O) groups is 3. The fraction of sp³-hybridized carbons (Fsp3) is 0.375. The Balaban J connectivity index is 1.65. The molecule has 4 rings (SSSR count). The first-order valence-corrected chi connectivity index (χ1v) is 10.7. The average Bonchev–Trinajstić information content (AvgIpc) is 2.69. The topological polar surface area (TPSA) is 66.5 Å². The van der Waals surface area contributed by atoms with E-state index in [0.29, 0.717) is 24.3 Å². The Labute approximate surface area is 181 Å². The Hall–Kier alpha value is -2.66. The molecular weight excluding hydrogens is 400 g/mol. The van der Waals surface area contributed by atoms with Crippen LogP contribution in [0.5, 0.6) is 0 Å². The highest BCUT2D eigenvalue weighted by atomic mass is 35.5. The number of halogens is 1. The molecule has 156 valence electrons. The van der Waals surface area contributed by atoms with Gasteiger partial charge >= 0.3 is 0 Å². The van der Waals surface area contributed by atoms with Crippen molar-refractivity contribution in [1.29, 1.82) is 0 Å². The molecule has 2 aliphatic rings. The van der Waals surface area contributed by atoms with Crippen LogP contribution in [0.4, 0.5) is 5.69 Å². The molecule has 1 N–H and O–H groups in total. The van der Waals surface area contributed by atoms with Crippen LogP contribution in [0.15, 0.2) is 42.5 Å². The molecular formula is C24H25ClN2O3. The first-order chi connectivity index (χ1) is 14.3. The highest BCUT2D eigenvalue weighted by Crippen LogP contribution is 2.39. The number of nitrogens with one attached hydrogen (secondary N) is 1. The van der Waals surface area contributed by atoms with E-state index in [9.17, 15) is 14.4 Å². The van der Waals surface area contributed by atoms with E-state index in [-0.39, 0.29) is 23.3 Å². The Morgan fingerprint density at radius 1 is 1.03 bits per heavy atom. The van der Waals surface area contributed by atoms with Crippen molar-refractivity contribution in [3.63, 3.8) is 0 Å². The summed E-state index contributed by atoms with van der Waals surface area (Å²) in [5, 5.41) is 2.92. The van der Waals surface area contributed by atoms with Gasteiger partial charge in [0.15, 0.2) is 0 Å². The lowest BCUT2D eigenvalue weighted by molar-refractivity contribution is -0.134. The second-order valence-corrected chi connectivity index (χ2v) is 9.03. The molecule has 2 heterocycles. The van der Waals surface area contributed by atoms with E-state index in [1.165, 1.54) is 0 Å². The van der Waals surface area contributed by atoms with Crippen molar-refractivity contribution < 1.29 is 14.4 Å². The standard InChI is InChI=1S/C24H25ClN2O3/c1-24(2)14-4-7-21(29)27(24)16-10-8-15(9-11-16)17-5-3-6-18(22(17)25)19-12-13-20(28)26-23(19)30/h3,5-6,8-11,19H,4,7,12-14H2,1-2H3,(H,26,28,30). The lowest BCUT2D eigenvalue weighted by Gasteiger charge is -2.42. The quantitative estimate of drug-likeness (QED) is 0.718. The van der Waals surface area contributed by atoms with Gasteiger partial charge in [0, 0.05) is 29.6 Å². The number of hydrogen-bond acceptors (Lipinski definition) is 3. The smallest absolute Gasteiger partial charge is 0.234 e. The van der Waals surface area contributed by atoms with Crippen molar-refractivity contribution in [2.75, 3.05) is 4.90 Å². The second-order valence-electron chi connectivity index (χ2n) is 8.65. The van der Waals surface area contributed by atoms with Crippen LogP contribution in [-0.4, -0.2) is 23.3 Å². The zero-order valence-corrected chi connectivity index (χ0v) is 18.0. The third-order valence-electron chi connectivity index (χ3n) is 6.11. The number of carbonyl (C=O) groups excluding carboxylic acids is 3. The molecule has 0 spiro atoms. The van der Waals surface area contributed by atoms with Gasteiger partial charge < -0.3 is 4.90 Å². The van der Waals surface area contributed by atoms with Gasteiger partial charge in [-0.05, 0) is 56.4 Å². The van der Waals surface area contributed by atoms with Crippen LogP contribution in [0.25, 0.3) is 11.1 Å². The molecule has 2 aliphatic heterocycles. The number of amides is 3. The van der Waals surface area contributed by atoms with Crippen molar-refractivity contribution >= 4 is 35.0 Å². The van der Waals surface area contributed by atoms with Crippen LogP contribution in [-0.2, 0) is 14.4 Å². The molecule has 2 fully saturated rings. The average molecular weight is 425 g/mol. The molecule has 3 amide bonds. The van der Waals surface area contributed by atoms with E-state index in [2.05, 4.69) is 19.2 Å². The summed E-state index contributed by atoms with van der Waals surface area (Å²) in [6.07, 6.45) is 3.23. The number of hydrogen-bond donors (Lipinski definition) is 1. The molecule has 0 saturated carbocycles. The summed E-state index contributed by atoms with van der Waals surface area (Å²) >= 11 is 6.71. The summed E-state index contributed by atoms with van der Waals surface area (Å²) in [4.78, 5) is 38.2. The molecule has 0 aromatic heterocycles. The van der Waals surface area contributed by atoms with Crippen LogP contribution >= 0.6 is 11.6 Å². The lowest BCUT2D eigenvalue weighted by atomic mass is 9.88. The normalized spacial score (nSPS) is 21.5. The molecule has 30 heavy (non-hydrogen) atoms. The summed E-state index contributed by atoms with van der Waals surface area (Å²) in [5.41, 5.74) is 3.15. The monoisotopic (exact) mass is 424 g/mol. The van der Waals surface area contributed by atoms with E-state index in [1.807, 2.05) is 47.4 Å². The second kappa shape index (κ2) is 7.88. The number of imide groups is 1. The predicted molar refractivity (Wildman–Crippen MR) is 117 cm³/mol. The maximum Gasteiger partial charge on any atom is 0.234 e. The maximum absolute atomic E-state index is 12.5. The molecule has 5 nitrogen and oxygen atoms in total. The summed E-state index contributed by atoms with van der Waals surface area (Å²) in [6.45, 7) is 4.19. The van der Waals surface area contributed by atoms with E-state index < -0.39 is 5.92 Å². The third-order valence-corrected chi connectivity index (χ3v) is 6.54. The van der Waals surface area contributed by atoms with Gasteiger partial charge in [-0.1, -0.05) is 41.9 Å². The van der Waals surface area contributed by atoms with Gasteiger partial charge in [0.2, 0.25) is 17.7 Å². The summed E-state index contributed by atoms with van der Waals surface area (Å²) in [5.74, 6) is -0.820. The third kappa shape index (κ3) is 3.74. The molecule has 1 unspecified atom stereocenters.